The quantitative estimate of drug-likeness (QED) is 0.654. The number of thiazole rings is 1. The molecular weight excluding hydrogens is 288 g/mol. The first-order chi connectivity index (χ1) is 10.1. The molecule has 1 aromatic carbocycles. The average Bonchev–Trinajstić information content (AvgIpc) is 2.80. The number of nitrogen functional groups attached to an aromatic ring is 1. The molecule has 2 rings (SSSR count). The summed E-state index contributed by atoms with van der Waals surface area (Å²) in [5.74, 6) is 0.392. The maximum absolute atomic E-state index is 11.9. The summed E-state index contributed by atoms with van der Waals surface area (Å²) in [5, 5.41) is 4.31. The fourth-order valence-corrected chi connectivity index (χ4v) is 2.44. The largest absolute Gasteiger partial charge is 0.493 e. The van der Waals surface area contributed by atoms with Crippen molar-refractivity contribution in [2.24, 2.45) is 5.10 Å². The molecule has 21 heavy (non-hydrogen) atoms. The van der Waals surface area contributed by atoms with Gasteiger partial charge in [0.1, 0.15) is 10.6 Å². The van der Waals surface area contributed by atoms with Gasteiger partial charge in [0.15, 0.2) is 5.13 Å². The Bertz CT molecular complexity index is 667. The molecule has 0 saturated heterocycles. The number of hydrogen-bond acceptors (Lipinski definition) is 6. The van der Waals surface area contributed by atoms with Crippen LogP contribution in [-0.4, -0.2) is 23.7 Å². The van der Waals surface area contributed by atoms with Crippen LogP contribution in [0.3, 0.4) is 0 Å². The average molecular weight is 304 g/mol. The lowest BCUT2D eigenvalue weighted by Crippen LogP contribution is -2.17. The van der Waals surface area contributed by atoms with Crippen molar-refractivity contribution in [3.8, 4) is 5.75 Å². The van der Waals surface area contributed by atoms with Gasteiger partial charge < -0.3 is 10.5 Å². The first-order valence-corrected chi connectivity index (χ1v) is 7.21. The number of rotatable bonds is 5. The zero-order valence-electron chi connectivity index (χ0n) is 11.8. The lowest BCUT2D eigenvalue weighted by atomic mass is 10.2. The zero-order valence-corrected chi connectivity index (χ0v) is 12.6. The SMILES string of the molecule is CCOc1ccccc1/C=N/NC(=O)c1sc(N)nc1C. The second kappa shape index (κ2) is 6.85. The number of para-hydroxylation sites is 1. The van der Waals surface area contributed by atoms with E-state index in [1.807, 2.05) is 31.2 Å². The van der Waals surface area contributed by atoms with Crippen LogP contribution in [0, 0.1) is 6.92 Å². The Hall–Kier alpha value is -2.41. The second-order valence-electron chi connectivity index (χ2n) is 4.14. The second-order valence-corrected chi connectivity index (χ2v) is 5.17. The van der Waals surface area contributed by atoms with Crippen molar-refractivity contribution in [1.29, 1.82) is 0 Å². The lowest BCUT2D eigenvalue weighted by Gasteiger charge is -2.05. The Morgan fingerprint density at radius 3 is 2.95 bits per heavy atom. The van der Waals surface area contributed by atoms with Crippen LogP contribution in [0.5, 0.6) is 5.75 Å². The van der Waals surface area contributed by atoms with Crippen LogP contribution in [0.25, 0.3) is 0 Å². The van der Waals surface area contributed by atoms with Crippen molar-refractivity contribution in [2.75, 3.05) is 12.3 Å². The van der Waals surface area contributed by atoms with Crippen molar-refractivity contribution in [1.82, 2.24) is 10.4 Å². The van der Waals surface area contributed by atoms with E-state index in [4.69, 9.17) is 10.5 Å². The number of anilines is 1. The molecule has 7 heteroatoms. The van der Waals surface area contributed by atoms with Crippen LogP contribution in [0.15, 0.2) is 29.4 Å². The molecule has 1 aromatic heterocycles. The summed E-state index contributed by atoms with van der Waals surface area (Å²) >= 11 is 1.14. The van der Waals surface area contributed by atoms with Gasteiger partial charge in [-0.2, -0.15) is 5.10 Å². The number of carbonyl (C=O) groups is 1. The zero-order chi connectivity index (χ0) is 15.2. The van der Waals surface area contributed by atoms with Crippen molar-refractivity contribution in [3.05, 3.63) is 40.4 Å². The first-order valence-electron chi connectivity index (χ1n) is 6.40. The number of carbonyl (C=O) groups excluding carboxylic acids is 1. The van der Waals surface area contributed by atoms with Crippen LogP contribution in [0.1, 0.15) is 27.9 Å². The van der Waals surface area contributed by atoms with Crippen molar-refractivity contribution >= 4 is 28.6 Å². The van der Waals surface area contributed by atoms with Gasteiger partial charge in [0.2, 0.25) is 0 Å². The molecule has 0 bridgehead atoms. The van der Waals surface area contributed by atoms with Crippen molar-refractivity contribution in [3.63, 3.8) is 0 Å². The molecule has 0 aliphatic heterocycles. The fourth-order valence-electron chi connectivity index (χ4n) is 1.71. The highest BCUT2D eigenvalue weighted by molar-refractivity contribution is 7.17. The van der Waals surface area contributed by atoms with Gasteiger partial charge in [-0.3, -0.25) is 4.79 Å². The Kier molecular flexibility index (Phi) is 4.89. The maximum Gasteiger partial charge on any atom is 0.283 e. The number of hydrazone groups is 1. The van der Waals surface area contributed by atoms with E-state index >= 15 is 0 Å². The maximum atomic E-state index is 11.9. The van der Waals surface area contributed by atoms with Gasteiger partial charge in [0, 0.05) is 5.56 Å². The number of nitrogens with one attached hydrogen (secondary N) is 1. The minimum atomic E-state index is -0.327. The van der Waals surface area contributed by atoms with E-state index in [0.29, 0.717) is 22.3 Å². The van der Waals surface area contributed by atoms with Crippen LogP contribution in [0.2, 0.25) is 0 Å². The van der Waals surface area contributed by atoms with E-state index in [2.05, 4.69) is 15.5 Å². The number of aryl methyl sites for hydroxylation is 1. The molecule has 0 aliphatic rings. The van der Waals surface area contributed by atoms with Crippen LogP contribution in [0.4, 0.5) is 5.13 Å². The number of hydrogen-bond donors (Lipinski definition) is 2. The number of amides is 1. The summed E-state index contributed by atoms with van der Waals surface area (Å²) in [6.07, 6.45) is 1.54. The smallest absolute Gasteiger partial charge is 0.283 e. The molecule has 0 spiro atoms. The molecular formula is C14H16N4O2S. The molecule has 2 aromatic rings. The first kappa shape index (κ1) is 15.0. The van der Waals surface area contributed by atoms with E-state index in [1.54, 1.807) is 13.1 Å². The molecule has 0 aliphatic carbocycles. The van der Waals surface area contributed by atoms with Gasteiger partial charge in [-0.05, 0) is 26.0 Å². The third-order valence-electron chi connectivity index (χ3n) is 2.61. The molecule has 1 amide bonds. The molecule has 3 N–H and O–H groups in total. The topological polar surface area (TPSA) is 89.6 Å². The van der Waals surface area contributed by atoms with Gasteiger partial charge >= 0.3 is 0 Å². The molecule has 0 radical (unpaired) electrons. The van der Waals surface area contributed by atoms with Gasteiger partial charge in [0.05, 0.1) is 18.5 Å². The highest BCUT2D eigenvalue weighted by atomic mass is 32.1. The highest BCUT2D eigenvalue weighted by Gasteiger charge is 2.13. The summed E-state index contributed by atoms with van der Waals surface area (Å²) in [6, 6.07) is 7.46. The number of nitrogens with zero attached hydrogens (tertiary/aromatic N) is 2. The molecule has 110 valence electrons. The van der Waals surface area contributed by atoms with Gasteiger partial charge in [-0.25, -0.2) is 10.4 Å². The fraction of sp³-hybridized carbons (Fsp3) is 0.214. The highest BCUT2D eigenvalue weighted by Crippen LogP contribution is 2.19. The summed E-state index contributed by atoms with van der Waals surface area (Å²) in [4.78, 5) is 16.4. The third-order valence-corrected chi connectivity index (χ3v) is 3.59. The van der Waals surface area contributed by atoms with Gasteiger partial charge in [-0.1, -0.05) is 23.5 Å². The molecule has 0 unspecified atom stereocenters. The molecule has 0 atom stereocenters. The number of nitrogens with two attached hydrogens (primary N) is 1. The molecule has 0 saturated carbocycles. The summed E-state index contributed by atoms with van der Waals surface area (Å²) in [5.41, 5.74) is 9.41. The number of benzene rings is 1. The Morgan fingerprint density at radius 2 is 2.29 bits per heavy atom. The predicted octanol–water partition coefficient (Wildman–Crippen LogP) is 2.20. The lowest BCUT2D eigenvalue weighted by molar-refractivity contribution is 0.0958. The number of ether oxygens (including phenoxy) is 1. The van der Waals surface area contributed by atoms with E-state index < -0.39 is 0 Å². The van der Waals surface area contributed by atoms with E-state index in [-0.39, 0.29) is 5.91 Å². The monoisotopic (exact) mass is 304 g/mol. The standard InChI is InChI=1S/C14H16N4O2S/c1-3-20-11-7-5-4-6-10(11)8-16-18-13(19)12-9(2)17-14(15)21-12/h4-8H,3H2,1-2H3,(H2,15,17)(H,18,19)/b16-8+. The Morgan fingerprint density at radius 1 is 1.52 bits per heavy atom. The van der Waals surface area contributed by atoms with E-state index in [9.17, 15) is 4.79 Å². The molecule has 1 heterocycles. The molecule has 0 fully saturated rings. The predicted molar refractivity (Wildman–Crippen MR) is 83.9 cm³/mol. The summed E-state index contributed by atoms with van der Waals surface area (Å²) in [6.45, 7) is 4.21. The normalized spacial score (nSPS) is 10.8. The summed E-state index contributed by atoms with van der Waals surface area (Å²) < 4.78 is 5.47. The van der Waals surface area contributed by atoms with Gasteiger partial charge in [0.25, 0.3) is 5.91 Å². The van der Waals surface area contributed by atoms with E-state index in [0.717, 1.165) is 22.6 Å². The van der Waals surface area contributed by atoms with Crippen LogP contribution >= 0.6 is 11.3 Å². The number of aromatic nitrogens is 1. The van der Waals surface area contributed by atoms with Gasteiger partial charge in [-0.15, -0.1) is 0 Å². The van der Waals surface area contributed by atoms with Crippen molar-refractivity contribution in [2.45, 2.75) is 13.8 Å². The van der Waals surface area contributed by atoms with E-state index in [1.165, 1.54) is 0 Å². The minimum Gasteiger partial charge on any atom is -0.493 e. The minimum absolute atomic E-state index is 0.327. The third kappa shape index (κ3) is 3.79. The van der Waals surface area contributed by atoms with Crippen LogP contribution in [-0.2, 0) is 0 Å². The Labute approximate surface area is 126 Å². The molecule has 6 nitrogen and oxygen atoms in total. The van der Waals surface area contributed by atoms with Crippen molar-refractivity contribution < 1.29 is 9.53 Å². The van der Waals surface area contributed by atoms with Crippen LogP contribution < -0.4 is 15.9 Å². The summed E-state index contributed by atoms with van der Waals surface area (Å²) in [7, 11) is 0. The Balaban J connectivity index is 2.06.